The Hall–Kier alpha value is -2.56. The van der Waals surface area contributed by atoms with Crippen LogP contribution in [0.5, 0.6) is 0 Å². The second-order valence-corrected chi connectivity index (χ2v) is 7.63. The Morgan fingerprint density at radius 1 is 1.11 bits per heavy atom. The van der Waals surface area contributed by atoms with Gasteiger partial charge in [-0.15, -0.1) is 0 Å². The van der Waals surface area contributed by atoms with Crippen LogP contribution in [0.15, 0.2) is 42.1 Å². The summed E-state index contributed by atoms with van der Waals surface area (Å²) < 4.78 is 0. The van der Waals surface area contributed by atoms with E-state index >= 15 is 0 Å². The zero-order valence-corrected chi connectivity index (χ0v) is 15.9. The molecule has 0 aromatic heterocycles. The molecule has 2 heterocycles. The van der Waals surface area contributed by atoms with E-state index in [2.05, 4.69) is 40.6 Å². The van der Waals surface area contributed by atoms with E-state index in [0.29, 0.717) is 6.54 Å². The molecule has 0 bridgehead atoms. The highest BCUT2D eigenvalue weighted by atomic mass is 16.2. The number of hydrogen-bond donors (Lipinski definition) is 1. The van der Waals surface area contributed by atoms with Gasteiger partial charge in [0.05, 0.1) is 5.92 Å². The van der Waals surface area contributed by atoms with Crippen LogP contribution < -0.4 is 5.32 Å². The Labute approximate surface area is 160 Å². The Morgan fingerprint density at radius 2 is 1.89 bits per heavy atom. The lowest BCUT2D eigenvalue weighted by molar-refractivity contribution is -0.125. The molecule has 1 aromatic carbocycles. The van der Waals surface area contributed by atoms with Gasteiger partial charge in [-0.3, -0.25) is 9.59 Å². The highest BCUT2D eigenvalue weighted by Crippen LogP contribution is 2.24. The van der Waals surface area contributed by atoms with Gasteiger partial charge in [-0.25, -0.2) is 0 Å². The number of carbonyl (C=O) groups excluding carboxylic acids is 2. The molecule has 2 aliphatic heterocycles. The van der Waals surface area contributed by atoms with Crippen molar-refractivity contribution in [2.24, 2.45) is 5.92 Å². The van der Waals surface area contributed by atoms with E-state index in [4.69, 9.17) is 0 Å². The van der Waals surface area contributed by atoms with Gasteiger partial charge in [0.1, 0.15) is 0 Å². The third kappa shape index (κ3) is 3.64. The van der Waals surface area contributed by atoms with Crippen LogP contribution in [0.4, 0.5) is 0 Å². The van der Waals surface area contributed by atoms with Crippen LogP contribution in [0.3, 0.4) is 0 Å². The molecule has 3 aliphatic rings. The highest BCUT2D eigenvalue weighted by molar-refractivity contribution is 5.95. The number of hydrogen-bond acceptors (Lipinski definition) is 3. The molecule has 0 spiro atoms. The van der Waals surface area contributed by atoms with Crippen molar-refractivity contribution in [1.29, 1.82) is 0 Å². The maximum Gasteiger partial charge on any atom is 0.253 e. The van der Waals surface area contributed by atoms with E-state index in [1.165, 1.54) is 16.8 Å². The van der Waals surface area contributed by atoms with Crippen LogP contribution in [-0.2, 0) is 17.6 Å². The van der Waals surface area contributed by atoms with Gasteiger partial charge in [-0.2, -0.15) is 0 Å². The molecule has 1 aliphatic carbocycles. The molecule has 2 amide bonds. The van der Waals surface area contributed by atoms with Crippen molar-refractivity contribution < 1.29 is 9.59 Å². The Balaban J connectivity index is 1.46. The topological polar surface area (TPSA) is 52.7 Å². The van der Waals surface area contributed by atoms with Gasteiger partial charge < -0.3 is 15.1 Å². The fourth-order valence-corrected chi connectivity index (χ4v) is 4.27. The number of amides is 2. The first-order valence-electron chi connectivity index (χ1n) is 9.91. The molecule has 1 saturated heterocycles. The minimum absolute atomic E-state index is 0.0360. The lowest BCUT2D eigenvalue weighted by Crippen LogP contribution is -2.44. The van der Waals surface area contributed by atoms with Gasteiger partial charge in [0.15, 0.2) is 0 Å². The standard InChI is InChI=1S/C22H27N3O2/c1-23-21(26)19-4-3-11-25(15-19)22(27)18-8-7-16-9-12-24(20-5-2-6-20)13-10-17(16)14-18/h2,5-8,14,19H,3-4,9-13,15H2,1H3,(H,23,26). The van der Waals surface area contributed by atoms with Crippen LogP contribution in [0.1, 0.15) is 34.3 Å². The summed E-state index contributed by atoms with van der Waals surface area (Å²) in [6.45, 7) is 3.27. The van der Waals surface area contributed by atoms with Gasteiger partial charge in [0.2, 0.25) is 5.91 Å². The monoisotopic (exact) mass is 365 g/mol. The minimum atomic E-state index is -0.0918. The average molecular weight is 365 g/mol. The molecule has 5 heteroatoms. The summed E-state index contributed by atoms with van der Waals surface area (Å²) in [7, 11) is 1.66. The van der Waals surface area contributed by atoms with Crippen molar-refractivity contribution in [1.82, 2.24) is 15.1 Å². The zero-order valence-electron chi connectivity index (χ0n) is 15.9. The molecular formula is C22H27N3O2. The van der Waals surface area contributed by atoms with Crippen LogP contribution in [-0.4, -0.2) is 54.8 Å². The van der Waals surface area contributed by atoms with E-state index in [9.17, 15) is 9.59 Å². The lowest BCUT2D eigenvalue weighted by atomic mass is 9.95. The average Bonchev–Trinajstić information content (AvgIpc) is 2.88. The van der Waals surface area contributed by atoms with E-state index in [-0.39, 0.29) is 17.7 Å². The van der Waals surface area contributed by atoms with Gasteiger partial charge in [0.25, 0.3) is 5.91 Å². The van der Waals surface area contributed by atoms with Gasteiger partial charge >= 0.3 is 0 Å². The maximum absolute atomic E-state index is 13.0. The molecule has 1 unspecified atom stereocenters. The summed E-state index contributed by atoms with van der Waals surface area (Å²) >= 11 is 0. The largest absolute Gasteiger partial charge is 0.371 e. The quantitative estimate of drug-likeness (QED) is 0.893. The van der Waals surface area contributed by atoms with E-state index in [1.54, 1.807) is 7.05 Å². The highest BCUT2D eigenvalue weighted by Gasteiger charge is 2.28. The number of nitrogens with one attached hydrogen (secondary N) is 1. The molecule has 1 aromatic rings. The third-order valence-electron chi connectivity index (χ3n) is 5.98. The number of allylic oxidation sites excluding steroid dienone is 3. The molecule has 0 radical (unpaired) electrons. The number of nitrogens with zero attached hydrogens (tertiary/aromatic N) is 2. The lowest BCUT2D eigenvalue weighted by Gasteiger charge is -2.32. The number of benzene rings is 1. The number of rotatable bonds is 3. The van der Waals surface area contributed by atoms with Crippen molar-refractivity contribution in [2.45, 2.75) is 25.7 Å². The number of piperidine rings is 1. The molecule has 4 rings (SSSR count). The Bertz CT molecular complexity index is 812. The molecule has 0 saturated carbocycles. The van der Waals surface area contributed by atoms with Crippen molar-refractivity contribution in [3.05, 3.63) is 58.8 Å². The second kappa shape index (κ2) is 7.59. The van der Waals surface area contributed by atoms with Crippen LogP contribution in [0, 0.1) is 5.92 Å². The normalized spacial score (nSPS) is 21.7. The summed E-state index contributed by atoms with van der Waals surface area (Å²) in [6, 6.07) is 6.16. The Morgan fingerprint density at radius 3 is 2.59 bits per heavy atom. The predicted molar refractivity (Wildman–Crippen MR) is 105 cm³/mol. The van der Waals surface area contributed by atoms with Crippen molar-refractivity contribution in [2.75, 3.05) is 33.2 Å². The van der Waals surface area contributed by atoms with Crippen molar-refractivity contribution in [3.8, 4) is 0 Å². The molecule has 1 fully saturated rings. The molecule has 27 heavy (non-hydrogen) atoms. The van der Waals surface area contributed by atoms with Crippen molar-refractivity contribution >= 4 is 11.8 Å². The summed E-state index contributed by atoms with van der Waals surface area (Å²) in [5, 5.41) is 2.71. The van der Waals surface area contributed by atoms with E-state index < -0.39 is 0 Å². The van der Waals surface area contributed by atoms with Crippen LogP contribution in [0.2, 0.25) is 0 Å². The minimum Gasteiger partial charge on any atom is -0.371 e. The molecular weight excluding hydrogens is 338 g/mol. The SMILES string of the molecule is CNC(=O)C1CCCN(C(=O)c2ccc3c(c2)CCN(C2=CC=C2)CC3)C1. The second-order valence-electron chi connectivity index (χ2n) is 7.63. The third-order valence-corrected chi connectivity index (χ3v) is 5.98. The molecule has 5 nitrogen and oxygen atoms in total. The number of carbonyl (C=O) groups is 2. The fourth-order valence-electron chi connectivity index (χ4n) is 4.27. The fraction of sp³-hybridized carbons (Fsp3) is 0.455. The van der Waals surface area contributed by atoms with Crippen LogP contribution >= 0.6 is 0 Å². The first-order chi connectivity index (χ1) is 13.2. The summed E-state index contributed by atoms with van der Waals surface area (Å²) in [4.78, 5) is 29.2. The van der Waals surface area contributed by atoms with Gasteiger partial charge in [-0.05, 0) is 61.1 Å². The van der Waals surface area contributed by atoms with Gasteiger partial charge in [-0.1, -0.05) is 12.1 Å². The van der Waals surface area contributed by atoms with E-state index in [0.717, 1.165) is 50.9 Å². The van der Waals surface area contributed by atoms with Gasteiger partial charge in [0, 0.05) is 44.5 Å². The van der Waals surface area contributed by atoms with Crippen molar-refractivity contribution in [3.63, 3.8) is 0 Å². The summed E-state index contributed by atoms with van der Waals surface area (Å²) in [6.07, 6.45) is 10.1. The molecule has 142 valence electrons. The zero-order chi connectivity index (χ0) is 18.8. The predicted octanol–water partition coefficient (Wildman–Crippen LogP) is 2.14. The smallest absolute Gasteiger partial charge is 0.253 e. The summed E-state index contributed by atoms with van der Waals surface area (Å²) in [5.41, 5.74) is 4.70. The number of fused-ring (bicyclic) bond motifs is 1. The molecule has 1 N–H and O–H groups in total. The first kappa shape index (κ1) is 17.8. The summed E-state index contributed by atoms with van der Waals surface area (Å²) in [5.74, 6) is -0.00287. The van der Waals surface area contributed by atoms with E-state index in [1.807, 2.05) is 11.0 Å². The number of likely N-dealkylation sites (tertiary alicyclic amines) is 1. The Kier molecular flexibility index (Phi) is 5.01. The maximum atomic E-state index is 13.0. The first-order valence-corrected chi connectivity index (χ1v) is 9.91. The van der Waals surface area contributed by atoms with Crippen LogP contribution in [0.25, 0.3) is 0 Å². The molecule has 1 atom stereocenters.